The van der Waals surface area contributed by atoms with Crippen LogP contribution in [0.15, 0.2) is 4.99 Å². The summed E-state index contributed by atoms with van der Waals surface area (Å²) in [6.07, 6.45) is 6.23. The zero-order valence-corrected chi connectivity index (χ0v) is 7.73. The highest BCUT2D eigenvalue weighted by atomic mass is 32.2. The minimum Gasteiger partial charge on any atom is -0.347 e. The van der Waals surface area contributed by atoms with Crippen LogP contribution in [0.4, 0.5) is 0 Å². The van der Waals surface area contributed by atoms with Gasteiger partial charge >= 0.3 is 0 Å². The average molecular weight is 170 g/mol. The molecule has 0 unspecified atom stereocenters. The summed E-state index contributed by atoms with van der Waals surface area (Å²) in [5.41, 5.74) is 0. The summed E-state index contributed by atoms with van der Waals surface area (Å²) in [6, 6.07) is 0.756. The fourth-order valence-corrected chi connectivity index (χ4v) is 2.58. The predicted molar refractivity (Wildman–Crippen MR) is 50.2 cm³/mol. The van der Waals surface area contributed by atoms with Gasteiger partial charge in [0.15, 0.2) is 5.17 Å². The molecule has 62 valence electrons. The molecular weight excluding hydrogens is 156 g/mol. The topological polar surface area (TPSA) is 15.6 Å². The van der Waals surface area contributed by atoms with Crippen LogP contribution in [0, 0.1) is 0 Å². The first-order valence-electron chi connectivity index (χ1n) is 4.27. The Kier molecular flexibility index (Phi) is 2.07. The van der Waals surface area contributed by atoms with Crippen LogP contribution in [-0.4, -0.2) is 35.5 Å². The average Bonchev–Trinajstić information content (AvgIpc) is 2.47. The summed E-state index contributed by atoms with van der Waals surface area (Å²) in [4.78, 5) is 6.98. The van der Waals surface area contributed by atoms with Crippen molar-refractivity contribution in [3.8, 4) is 0 Å². The van der Waals surface area contributed by atoms with Crippen molar-refractivity contribution in [1.29, 1.82) is 0 Å². The molecule has 0 aliphatic carbocycles. The minimum atomic E-state index is 0.756. The van der Waals surface area contributed by atoms with Crippen molar-refractivity contribution in [2.75, 3.05) is 19.3 Å². The van der Waals surface area contributed by atoms with Gasteiger partial charge in [0.05, 0.1) is 12.6 Å². The zero-order chi connectivity index (χ0) is 7.68. The van der Waals surface area contributed by atoms with E-state index in [-0.39, 0.29) is 0 Å². The van der Waals surface area contributed by atoms with Crippen LogP contribution in [0.25, 0.3) is 0 Å². The zero-order valence-electron chi connectivity index (χ0n) is 6.92. The molecule has 0 aromatic heterocycles. The first-order chi connectivity index (χ1) is 5.42. The van der Waals surface area contributed by atoms with Gasteiger partial charge in [-0.15, -0.1) is 0 Å². The largest absolute Gasteiger partial charge is 0.347 e. The first kappa shape index (κ1) is 7.47. The number of rotatable bonds is 0. The van der Waals surface area contributed by atoms with Gasteiger partial charge in [0.1, 0.15) is 0 Å². The predicted octanol–water partition coefficient (Wildman–Crippen LogP) is 1.57. The van der Waals surface area contributed by atoms with E-state index >= 15 is 0 Å². The van der Waals surface area contributed by atoms with E-state index in [1.54, 1.807) is 11.8 Å². The second-order valence-corrected chi connectivity index (χ2v) is 3.94. The number of thioether (sulfide) groups is 1. The van der Waals surface area contributed by atoms with Gasteiger partial charge < -0.3 is 4.90 Å². The molecule has 0 spiro atoms. The number of hydrogen-bond acceptors (Lipinski definition) is 3. The Bertz CT molecular complexity index is 179. The maximum absolute atomic E-state index is 4.50. The summed E-state index contributed by atoms with van der Waals surface area (Å²) in [5, 5.41) is 1.27. The molecule has 2 aliphatic heterocycles. The smallest absolute Gasteiger partial charge is 0.159 e. The van der Waals surface area contributed by atoms with Crippen molar-refractivity contribution < 1.29 is 0 Å². The number of nitrogens with zero attached hydrogens (tertiary/aromatic N) is 2. The van der Waals surface area contributed by atoms with Crippen LogP contribution in [0.1, 0.15) is 19.3 Å². The quantitative estimate of drug-likeness (QED) is 0.548. The molecule has 2 heterocycles. The number of amidine groups is 1. The van der Waals surface area contributed by atoms with E-state index in [1.807, 2.05) is 0 Å². The number of fused-ring (bicyclic) bond motifs is 1. The SMILES string of the molecule is CSC1=NC[C@@H]2CCCCN12. The third kappa shape index (κ3) is 1.26. The lowest BCUT2D eigenvalue weighted by Crippen LogP contribution is -2.39. The van der Waals surface area contributed by atoms with Gasteiger partial charge in [-0.25, -0.2) is 0 Å². The molecule has 0 amide bonds. The molecule has 1 saturated heterocycles. The summed E-state index contributed by atoms with van der Waals surface area (Å²) < 4.78 is 0. The van der Waals surface area contributed by atoms with Crippen LogP contribution in [-0.2, 0) is 0 Å². The lowest BCUT2D eigenvalue weighted by atomic mass is 10.0. The van der Waals surface area contributed by atoms with Crippen molar-refractivity contribution in [3.05, 3.63) is 0 Å². The third-order valence-electron chi connectivity index (χ3n) is 2.49. The van der Waals surface area contributed by atoms with Crippen molar-refractivity contribution >= 4 is 16.9 Å². The molecule has 2 aliphatic rings. The van der Waals surface area contributed by atoms with Gasteiger partial charge in [-0.2, -0.15) is 0 Å². The molecule has 2 nitrogen and oxygen atoms in total. The molecule has 0 saturated carbocycles. The van der Waals surface area contributed by atoms with Gasteiger partial charge in [-0.05, 0) is 25.5 Å². The van der Waals surface area contributed by atoms with Gasteiger partial charge in [0.25, 0.3) is 0 Å². The van der Waals surface area contributed by atoms with Crippen LogP contribution in [0.2, 0.25) is 0 Å². The monoisotopic (exact) mass is 170 g/mol. The van der Waals surface area contributed by atoms with Crippen molar-refractivity contribution in [2.24, 2.45) is 4.99 Å². The Balaban J connectivity index is 2.05. The lowest BCUT2D eigenvalue weighted by Gasteiger charge is -2.31. The Morgan fingerprint density at radius 1 is 1.55 bits per heavy atom. The highest BCUT2D eigenvalue weighted by Gasteiger charge is 2.28. The van der Waals surface area contributed by atoms with E-state index in [1.165, 1.54) is 31.0 Å². The lowest BCUT2D eigenvalue weighted by molar-refractivity contribution is 0.272. The molecule has 0 radical (unpaired) electrons. The Morgan fingerprint density at radius 3 is 3.27 bits per heavy atom. The van der Waals surface area contributed by atoms with E-state index in [4.69, 9.17) is 0 Å². The van der Waals surface area contributed by atoms with Crippen molar-refractivity contribution in [3.63, 3.8) is 0 Å². The van der Waals surface area contributed by atoms with E-state index in [9.17, 15) is 0 Å². The first-order valence-corrected chi connectivity index (χ1v) is 5.49. The maximum Gasteiger partial charge on any atom is 0.159 e. The third-order valence-corrected chi connectivity index (χ3v) is 3.22. The fraction of sp³-hybridized carbons (Fsp3) is 0.875. The molecule has 11 heavy (non-hydrogen) atoms. The van der Waals surface area contributed by atoms with Crippen LogP contribution < -0.4 is 0 Å². The number of hydrogen-bond donors (Lipinski definition) is 0. The Labute approximate surface area is 72.1 Å². The highest BCUT2D eigenvalue weighted by molar-refractivity contribution is 8.13. The van der Waals surface area contributed by atoms with Gasteiger partial charge in [-0.3, -0.25) is 4.99 Å². The van der Waals surface area contributed by atoms with Crippen LogP contribution >= 0.6 is 11.8 Å². The second-order valence-electron chi connectivity index (χ2n) is 3.17. The summed E-state index contributed by atoms with van der Waals surface area (Å²) in [5.74, 6) is 0. The molecule has 0 N–H and O–H groups in total. The fourth-order valence-electron chi connectivity index (χ4n) is 1.90. The van der Waals surface area contributed by atoms with Gasteiger partial charge in [0, 0.05) is 6.54 Å². The van der Waals surface area contributed by atoms with Gasteiger partial charge in [0.2, 0.25) is 0 Å². The molecule has 3 heteroatoms. The number of aliphatic imine (C=N–C) groups is 1. The van der Waals surface area contributed by atoms with Crippen molar-refractivity contribution in [1.82, 2.24) is 4.90 Å². The summed E-state index contributed by atoms with van der Waals surface area (Å²) >= 11 is 1.79. The molecule has 0 aromatic carbocycles. The standard InChI is InChI=1S/C8H14N2S/c1-11-8-9-6-7-4-2-3-5-10(7)8/h7H,2-6H2,1H3/t7-/m0/s1. The minimum absolute atomic E-state index is 0.756. The van der Waals surface area contributed by atoms with E-state index in [2.05, 4.69) is 16.1 Å². The molecular formula is C8H14N2S. The molecule has 2 rings (SSSR count). The molecule has 1 fully saturated rings. The molecule has 0 bridgehead atoms. The van der Waals surface area contributed by atoms with Crippen LogP contribution in [0.3, 0.4) is 0 Å². The van der Waals surface area contributed by atoms with E-state index in [0.29, 0.717) is 0 Å². The Morgan fingerprint density at radius 2 is 2.45 bits per heavy atom. The van der Waals surface area contributed by atoms with E-state index < -0.39 is 0 Å². The second kappa shape index (κ2) is 3.05. The highest BCUT2D eigenvalue weighted by Crippen LogP contribution is 2.25. The summed E-state index contributed by atoms with van der Waals surface area (Å²) in [6.45, 7) is 2.29. The summed E-state index contributed by atoms with van der Waals surface area (Å²) in [7, 11) is 0. The molecule has 1 atom stereocenters. The van der Waals surface area contributed by atoms with Crippen molar-refractivity contribution in [2.45, 2.75) is 25.3 Å². The normalized spacial score (nSPS) is 30.1. The maximum atomic E-state index is 4.50. The molecule has 0 aromatic rings. The van der Waals surface area contributed by atoms with Crippen LogP contribution in [0.5, 0.6) is 0 Å². The van der Waals surface area contributed by atoms with Gasteiger partial charge in [-0.1, -0.05) is 11.8 Å². The van der Waals surface area contributed by atoms with E-state index in [0.717, 1.165) is 12.6 Å². The Hall–Kier alpha value is -0.180. The number of piperidine rings is 1.